The van der Waals surface area contributed by atoms with Crippen LogP contribution < -0.4 is 10.5 Å². The Kier molecular flexibility index (Phi) is 3.99. The second-order valence-corrected chi connectivity index (χ2v) is 6.00. The topological polar surface area (TPSA) is 76.8 Å². The summed E-state index contributed by atoms with van der Waals surface area (Å²) in [6.45, 7) is 0.405. The van der Waals surface area contributed by atoms with Gasteiger partial charge < -0.3 is 15.5 Å². The zero-order chi connectivity index (χ0) is 17.2. The van der Waals surface area contributed by atoms with Gasteiger partial charge in [0.15, 0.2) is 0 Å². The molecule has 0 saturated heterocycles. The summed E-state index contributed by atoms with van der Waals surface area (Å²) in [6.07, 6.45) is 3.32. The molecule has 5 nitrogen and oxygen atoms in total. The van der Waals surface area contributed by atoms with Crippen LogP contribution in [0.3, 0.4) is 0 Å². The van der Waals surface area contributed by atoms with E-state index in [-0.39, 0.29) is 0 Å². The zero-order valence-corrected chi connectivity index (χ0v) is 14.0. The Hall–Kier alpha value is -3.05. The first-order valence-electron chi connectivity index (χ1n) is 7.76. The van der Waals surface area contributed by atoms with Crippen LogP contribution in [0, 0.1) is 0 Å². The highest BCUT2D eigenvalue weighted by atomic mass is 35.5. The average Bonchev–Trinajstić information content (AvgIpc) is 3.07. The molecule has 3 N–H and O–H groups in total. The molecule has 0 fully saturated rings. The molecule has 0 aliphatic rings. The minimum Gasteiger partial charge on any atom is -0.489 e. The average molecular weight is 351 g/mol. The van der Waals surface area contributed by atoms with E-state index in [0.717, 1.165) is 27.8 Å². The fourth-order valence-corrected chi connectivity index (χ4v) is 2.93. The third kappa shape index (κ3) is 3.02. The SMILES string of the molecule is Nc1ncnc2[nH]cc(-c3cccc(OCc4ccccc4Cl)c3)c12. The monoisotopic (exact) mass is 350 g/mol. The lowest BCUT2D eigenvalue weighted by Gasteiger charge is -2.09. The summed E-state index contributed by atoms with van der Waals surface area (Å²) in [7, 11) is 0. The summed E-state index contributed by atoms with van der Waals surface area (Å²) in [5.74, 6) is 1.20. The van der Waals surface area contributed by atoms with Gasteiger partial charge in [0.2, 0.25) is 0 Å². The highest BCUT2D eigenvalue weighted by Crippen LogP contribution is 2.32. The van der Waals surface area contributed by atoms with Crippen molar-refractivity contribution in [2.45, 2.75) is 6.61 Å². The maximum absolute atomic E-state index is 6.17. The Morgan fingerprint density at radius 1 is 1.08 bits per heavy atom. The third-order valence-electron chi connectivity index (χ3n) is 4.00. The number of rotatable bonds is 4. The predicted octanol–water partition coefficient (Wildman–Crippen LogP) is 4.44. The van der Waals surface area contributed by atoms with Crippen molar-refractivity contribution in [1.29, 1.82) is 0 Å². The number of anilines is 1. The highest BCUT2D eigenvalue weighted by Gasteiger charge is 2.11. The molecule has 4 rings (SSSR count). The maximum Gasteiger partial charge on any atom is 0.143 e. The van der Waals surface area contributed by atoms with Gasteiger partial charge in [0.25, 0.3) is 0 Å². The fourth-order valence-electron chi connectivity index (χ4n) is 2.74. The van der Waals surface area contributed by atoms with Crippen molar-refractivity contribution in [3.8, 4) is 16.9 Å². The summed E-state index contributed by atoms with van der Waals surface area (Å²) >= 11 is 6.17. The Bertz CT molecular complexity index is 1040. The van der Waals surface area contributed by atoms with E-state index in [2.05, 4.69) is 15.0 Å². The lowest BCUT2D eigenvalue weighted by Crippen LogP contribution is -1.96. The van der Waals surface area contributed by atoms with E-state index in [0.29, 0.717) is 23.1 Å². The number of benzene rings is 2. The maximum atomic E-state index is 6.17. The van der Waals surface area contributed by atoms with E-state index in [1.165, 1.54) is 6.33 Å². The molecular weight excluding hydrogens is 336 g/mol. The Labute approximate surface area is 149 Å². The van der Waals surface area contributed by atoms with Crippen LogP contribution in [0.25, 0.3) is 22.2 Å². The Morgan fingerprint density at radius 2 is 1.96 bits per heavy atom. The quantitative estimate of drug-likeness (QED) is 0.570. The molecule has 2 aromatic heterocycles. The molecule has 25 heavy (non-hydrogen) atoms. The number of ether oxygens (including phenoxy) is 1. The molecule has 0 amide bonds. The first kappa shape index (κ1) is 15.5. The summed E-state index contributed by atoms with van der Waals surface area (Å²) in [4.78, 5) is 11.4. The number of aromatic nitrogens is 3. The number of halogens is 1. The van der Waals surface area contributed by atoms with Gasteiger partial charge in [0, 0.05) is 22.3 Å². The molecule has 2 heterocycles. The molecule has 0 radical (unpaired) electrons. The van der Waals surface area contributed by atoms with Crippen molar-refractivity contribution in [2.24, 2.45) is 0 Å². The van der Waals surface area contributed by atoms with E-state index in [4.69, 9.17) is 22.1 Å². The smallest absolute Gasteiger partial charge is 0.143 e. The van der Waals surface area contributed by atoms with Crippen LogP contribution in [0.5, 0.6) is 5.75 Å². The van der Waals surface area contributed by atoms with Gasteiger partial charge in [0.05, 0.1) is 5.39 Å². The van der Waals surface area contributed by atoms with Crippen molar-refractivity contribution >= 4 is 28.5 Å². The fraction of sp³-hybridized carbons (Fsp3) is 0.0526. The van der Waals surface area contributed by atoms with Gasteiger partial charge in [0.1, 0.15) is 30.1 Å². The molecule has 0 spiro atoms. The van der Waals surface area contributed by atoms with E-state index < -0.39 is 0 Å². The molecule has 124 valence electrons. The number of aromatic amines is 1. The summed E-state index contributed by atoms with van der Waals surface area (Å²) in [5.41, 5.74) is 9.59. The molecule has 0 saturated carbocycles. The number of nitrogens with one attached hydrogen (secondary N) is 1. The van der Waals surface area contributed by atoms with E-state index in [9.17, 15) is 0 Å². The van der Waals surface area contributed by atoms with Gasteiger partial charge in [-0.05, 0) is 23.8 Å². The molecular formula is C19H15ClN4O. The van der Waals surface area contributed by atoms with Crippen molar-refractivity contribution in [1.82, 2.24) is 15.0 Å². The van der Waals surface area contributed by atoms with Crippen molar-refractivity contribution in [2.75, 3.05) is 5.73 Å². The van der Waals surface area contributed by atoms with Gasteiger partial charge in [-0.15, -0.1) is 0 Å². The normalized spacial score (nSPS) is 10.9. The number of nitrogens with zero attached hydrogens (tertiary/aromatic N) is 2. The first-order valence-corrected chi connectivity index (χ1v) is 8.14. The Balaban J connectivity index is 1.64. The minimum atomic E-state index is 0.405. The molecule has 0 atom stereocenters. The largest absolute Gasteiger partial charge is 0.489 e. The molecule has 4 aromatic rings. The summed E-state index contributed by atoms with van der Waals surface area (Å²) in [5, 5.41) is 1.51. The van der Waals surface area contributed by atoms with Crippen LogP contribution in [-0.4, -0.2) is 15.0 Å². The van der Waals surface area contributed by atoms with Gasteiger partial charge in [-0.25, -0.2) is 9.97 Å². The van der Waals surface area contributed by atoms with Gasteiger partial charge in [-0.3, -0.25) is 0 Å². The lowest BCUT2D eigenvalue weighted by atomic mass is 10.1. The number of hydrogen-bond acceptors (Lipinski definition) is 4. The molecule has 2 aromatic carbocycles. The molecule has 0 unspecified atom stereocenters. The van der Waals surface area contributed by atoms with E-state index >= 15 is 0 Å². The third-order valence-corrected chi connectivity index (χ3v) is 4.37. The number of hydrogen-bond donors (Lipinski definition) is 2. The molecule has 0 bridgehead atoms. The van der Waals surface area contributed by atoms with Crippen LogP contribution >= 0.6 is 11.6 Å². The van der Waals surface area contributed by atoms with Gasteiger partial charge in [-0.2, -0.15) is 0 Å². The second kappa shape index (κ2) is 6.45. The van der Waals surface area contributed by atoms with Crippen LogP contribution in [0.1, 0.15) is 5.56 Å². The number of nitrogen functional groups attached to an aromatic ring is 1. The molecule has 0 aliphatic heterocycles. The standard InChI is InChI=1S/C19H15ClN4O/c20-16-7-2-1-4-13(16)10-25-14-6-3-5-12(8-14)15-9-22-19-17(15)18(21)23-11-24-19/h1-9,11H,10H2,(H3,21,22,23,24). The summed E-state index contributed by atoms with van der Waals surface area (Å²) < 4.78 is 5.90. The van der Waals surface area contributed by atoms with Gasteiger partial charge in [-0.1, -0.05) is 41.9 Å². The van der Waals surface area contributed by atoms with E-state index in [1.54, 1.807) is 0 Å². The van der Waals surface area contributed by atoms with Crippen molar-refractivity contribution < 1.29 is 4.74 Å². The minimum absolute atomic E-state index is 0.405. The second-order valence-electron chi connectivity index (χ2n) is 5.59. The van der Waals surface area contributed by atoms with Crippen LogP contribution in [0.2, 0.25) is 5.02 Å². The summed E-state index contributed by atoms with van der Waals surface area (Å²) in [6, 6.07) is 15.5. The van der Waals surface area contributed by atoms with Crippen LogP contribution in [-0.2, 0) is 6.61 Å². The first-order chi connectivity index (χ1) is 12.2. The number of fused-ring (bicyclic) bond motifs is 1. The van der Waals surface area contributed by atoms with Gasteiger partial charge >= 0.3 is 0 Å². The van der Waals surface area contributed by atoms with Crippen LogP contribution in [0.15, 0.2) is 61.1 Å². The van der Waals surface area contributed by atoms with Crippen molar-refractivity contribution in [3.63, 3.8) is 0 Å². The predicted molar refractivity (Wildman–Crippen MR) is 99.5 cm³/mol. The van der Waals surface area contributed by atoms with Crippen molar-refractivity contribution in [3.05, 3.63) is 71.6 Å². The lowest BCUT2D eigenvalue weighted by molar-refractivity contribution is 0.306. The van der Waals surface area contributed by atoms with E-state index in [1.807, 2.05) is 54.7 Å². The number of H-pyrrole nitrogens is 1. The zero-order valence-electron chi connectivity index (χ0n) is 13.2. The highest BCUT2D eigenvalue weighted by molar-refractivity contribution is 6.31. The van der Waals surface area contributed by atoms with Crippen LogP contribution in [0.4, 0.5) is 5.82 Å². The molecule has 0 aliphatic carbocycles. The number of nitrogens with two attached hydrogens (primary N) is 1. The Morgan fingerprint density at radius 3 is 2.84 bits per heavy atom. The molecule has 6 heteroatoms.